The van der Waals surface area contributed by atoms with E-state index in [-0.39, 0.29) is 11.3 Å². The van der Waals surface area contributed by atoms with Crippen molar-refractivity contribution in [2.45, 2.75) is 5.37 Å². The van der Waals surface area contributed by atoms with Crippen LogP contribution in [0.1, 0.15) is 21.3 Å². The normalized spacial score (nSPS) is 16.5. The van der Waals surface area contributed by atoms with Crippen LogP contribution in [0.3, 0.4) is 0 Å². The molecule has 0 unspecified atom stereocenters. The molecule has 1 fully saturated rings. The minimum absolute atomic E-state index is 0.0482. The van der Waals surface area contributed by atoms with Crippen LogP contribution >= 0.6 is 11.8 Å². The number of rotatable bonds is 4. The van der Waals surface area contributed by atoms with E-state index in [9.17, 15) is 4.79 Å². The van der Waals surface area contributed by atoms with Crippen LogP contribution in [0.5, 0.6) is 11.5 Å². The van der Waals surface area contributed by atoms with Crippen molar-refractivity contribution in [3.63, 3.8) is 0 Å². The van der Waals surface area contributed by atoms with Crippen molar-refractivity contribution in [2.24, 2.45) is 0 Å². The first-order valence-corrected chi connectivity index (χ1v) is 9.89. The highest BCUT2D eigenvalue weighted by molar-refractivity contribution is 7.99. The van der Waals surface area contributed by atoms with E-state index in [1.165, 1.54) is 0 Å². The molecule has 1 saturated heterocycles. The van der Waals surface area contributed by atoms with Crippen LogP contribution in [-0.4, -0.2) is 37.3 Å². The first-order chi connectivity index (χ1) is 13.2. The quantitative estimate of drug-likeness (QED) is 0.656. The highest BCUT2D eigenvalue weighted by Gasteiger charge is 2.32. The highest BCUT2D eigenvalue weighted by Crippen LogP contribution is 2.41. The molecule has 27 heavy (non-hydrogen) atoms. The second kappa shape index (κ2) is 7.53. The Morgan fingerprint density at radius 3 is 2.37 bits per heavy atom. The zero-order valence-corrected chi connectivity index (χ0v) is 16.2. The van der Waals surface area contributed by atoms with E-state index in [0.717, 1.165) is 45.7 Å². The molecule has 1 aliphatic rings. The third-order valence-corrected chi connectivity index (χ3v) is 6.07. The maximum Gasteiger partial charge on any atom is 0.255 e. The minimum Gasteiger partial charge on any atom is -0.497 e. The summed E-state index contributed by atoms with van der Waals surface area (Å²) in [5.74, 6) is 2.42. The van der Waals surface area contributed by atoms with Gasteiger partial charge in [-0.1, -0.05) is 30.3 Å². The second-order valence-electron chi connectivity index (χ2n) is 6.43. The van der Waals surface area contributed by atoms with Crippen molar-refractivity contribution < 1.29 is 14.3 Å². The number of fused-ring (bicyclic) bond motifs is 1. The monoisotopic (exact) mass is 379 g/mol. The van der Waals surface area contributed by atoms with Crippen LogP contribution in [0, 0.1) is 0 Å². The highest BCUT2D eigenvalue weighted by atomic mass is 32.2. The number of carbonyl (C=O) groups is 1. The van der Waals surface area contributed by atoms with Gasteiger partial charge in [-0.25, -0.2) is 0 Å². The Morgan fingerprint density at radius 1 is 0.963 bits per heavy atom. The molecule has 138 valence electrons. The number of hydrogen-bond donors (Lipinski definition) is 0. The summed E-state index contributed by atoms with van der Waals surface area (Å²) in [5, 5.41) is 2.17. The number of methoxy groups -OCH3 is 2. The number of benzene rings is 3. The number of amides is 1. The fraction of sp³-hybridized carbons (Fsp3) is 0.227. The molecule has 0 saturated carbocycles. The third kappa shape index (κ3) is 3.47. The summed E-state index contributed by atoms with van der Waals surface area (Å²) in [6.45, 7) is 0.723. The smallest absolute Gasteiger partial charge is 0.255 e. The fourth-order valence-corrected chi connectivity index (χ4v) is 4.65. The molecule has 1 aliphatic heterocycles. The zero-order valence-electron chi connectivity index (χ0n) is 15.3. The van der Waals surface area contributed by atoms with Crippen LogP contribution in [0.25, 0.3) is 10.8 Å². The average molecular weight is 379 g/mol. The molecule has 1 atom stereocenters. The minimum atomic E-state index is -0.0482. The van der Waals surface area contributed by atoms with Gasteiger partial charge in [-0.15, -0.1) is 11.8 Å². The molecule has 3 aromatic rings. The first kappa shape index (κ1) is 17.7. The Balaban J connectivity index is 1.67. The maximum atomic E-state index is 13.2. The lowest BCUT2D eigenvalue weighted by Crippen LogP contribution is -2.30. The van der Waals surface area contributed by atoms with E-state index in [1.807, 2.05) is 59.5 Å². The van der Waals surface area contributed by atoms with Gasteiger partial charge in [0, 0.05) is 23.9 Å². The van der Waals surface area contributed by atoms with Gasteiger partial charge in [-0.2, -0.15) is 0 Å². The summed E-state index contributed by atoms with van der Waals surface area (Å²) >= 11 is 1.76. The number of ether oxygens (including phenoxy) is 2. The summed E-state index contributed by atoms with van der Waals surface area (Å²) in [6.07, 6.45) is 0. The van der Waals surface area contributed by atoms with Crippen LogP contribution < -0.4 is 9.47 Å². The van der Waals surface area contributed by atoms with Crippen molar-refractivity contribution in [3.8, 4) is 11.5 Å². The summed E-state index contributed by atoms with van der Waals surface area (Å²) in [6, 6.07) is 19.8. The van der Waals surface area contributed by atoms with E-state index in [2.05, 4.69) is 6.07 Å². The van der Waals surface area contributed by atoms with Gasteiger partial charge in [0.2, 0.25) is 0 Å². The number of carbonyl (C=O) groups excluding carboxylic acids is 1. The molecular weight excluding hydrogens is 358 g/mol. The Labute approximate surface area is 163 Å². The van der Waals surface area contributed by atoms with Crippen molar-refractivity contribution in [1.29, 1.82) is 0 Å². The zero-order chi connectivity index (χ0) is 18.8. The molecule has 4 rings (SSSR count). The predicted octanol–water partition coefficient (Wildman–Crippen LogP) is 4.74. The van der Waals surface area contributed by atoms with E-state index in [4.69, 9.17) is 9.47 Å². The van der Waals surface area contributed by atoms with Crippen molar-refractivity contribution in [1.82, 2.24) is 4.90 Å². The molecule has 0 aromatic heterocycles. The van der Waals surface area contributed by atoms with Crippen molar-refractivity contribution >= 4 is 28.4 Å². The molecule has 4 nitrogen and oxygen atoms in total. The maximum absolute atomic E-state index is 13.2. The Bertz CT molecular complexity index is 966. The number of hydrogen-bond acceptors (Lipinski definition) is 4. The standard InChI is InChI=1S/C22H21NO3S/c1-25-19-12-18(13-20(14-19)26-2)22-23(9-10-27-22)21(24)17-8-7-15-5-3-4-6-16(15)11-17/h3-8,11-14,22H,9-10H2,1-2H3/t22-/m0/s1. The van der Waals surface area contributed by atoms with Crippen LogP contribution in [0.2, 0.25) is 0 Å². The summed E-state index contributed by atoms with van der Waals surface area (Å²) in [4.78, 5) is 15.2. The average Bonchev–Trinajstić information content (AvgIpc) is 3.22. The van der Waals surface area contributed by atoms with E-state index < -0.39 is 0 Å². The SMILES string of the molecule is COc1cc(OC)cc([C@@H]2SCCN2C(=O)c2ccc3ccccc3c2)c1. The van der Waals surface area contributed by atoms with Gasteiger partial charge in [0.25, 0.3) is 5.91 Å². The topological polar surface area (TPSA) is 38.8 Å². The second-order valence-corrected chi connectivity index (χ2v) is 7.62. The molecule has 0 aliphatic carbocycles. The van der Waals surface area contributed by atoms with E-state index >= 15 is 0 Å². The molecule has 0 N–H and O–H groups in total. The van der Waals surface area contributed by atoms with Gasteiger partial charge in [0.1, 0.15) is 16.9 Å². The van der Waals surface area contributed by atoms with Gasteiger partial charge < -0.3 is 14.4 Å². The number of thioether (sulfide) groups is 1. The lowest BCUT2D eigenvalue weighted by molar-refractivity contribution is 0.0760. The molecular formula is C22H21NO3S. The van der Waals surface area contributed by atoms with Crippen LogP contribution in [0.15, 0.2) is 60.7 Å². The first-order valence-electron chi connectivity index (χ1n) is 8.84. The van der Waals surface area contributed by atoms with Crippen molar-refractivity contribution in [3.05, 3.63) is 71.8 Å². The Morgan fingerprint density at radius 2 is 1.67 bits per heavy atom. The van der Waals surface area contributed by atoms with Gasteiger partial charge in [0.15, 0.2) is 0 Å². The van der Waals surface area contributed by atoms with Gasteiger partial charge >= 0.3 is 0 Å². The molecule has 5 heteroatoms. The molecule has 1 amide bonds. The Kier molecular flexibility index (Phi) is 4.94. The summed E-state index contributed by atoms with van der Waals surface area (Å²) in [7, 11) is 3.27. The summed E-state index contributed by atoms with van der Waals surface area (Å²) in [5.41, 5.74) is 1.74. The van der Waals surface area contributed by atoms with Gasteiger partial charge in [-0.3, -0.25) is 4.79 Å². The fourth-order valence-electron chi connectivity index (χ4n) is 3.41. The number of nitrogens with zero attached hydrogens (tertiary/aromatic N) is 1. The Hall–Kier alpha value is -2.66. The predicted molar refractivity (Wildman–Crippen MR) is 110 cm³/mol. The van der Waals surface area contributed by atoms with Crippen LogP contribution in [-0.2, 0) is 0 Å². The van der Waals surface area contributed by atoms with Gasteiger partial charge in [0.05, 0.1) is 14.2 Å². The third-order valence-electron chi connectivity index (χ3n) is 4.81. The van der Waals surface area contributed by atoms with Crippen LogP contribution in [0.4, 0.5) is 0 Å². The van der Waals surface area contributed by atoms with Crippen molar-refractivity contribution in [2.75, 3.05) is 26.5 Å². The molecule has 1 heterocycles. The molecule has 0 spiro atoms. The van der Waals surface area contributed by atoms with E-state index in [0.29, 0.717) is 0 Å². The molecule has 0 bridgehead atoms. The lowest BCUT2D eigenvalue weighted by Gasteiger charge is -2.25. The molecule has 3 aromatic carbocycles. The lowest BCUT2D eigenvalue weighted by atomic mass is 10.1. The van der Waals surface area contributed by atoms with E-state index in [1.54, 1.807) is 26.0 Å². The molecule has 0 radical (unpaired) electrons. The summed E-state index contributed by atoms with van der Waals surface area (Å²) < 4.78 is 10.8. The van der Waals surface area contributed by atoms with Gasteiger partial charge in [-0.05, 0) is 40.6 Å². The largest absolute Gasteiger partial charge is 0.497 e.